The Bertz CT molecular complexity index is 232. The second-order valence-corrected chi connectivity index (χ2v) is 6.14. The van der Waals surface area contributed by atoms with Crippen LogP contribution in [0.25, 0.3) is 0 Å². The first-order valence-electron chi connectivity index (χ1n) is 5.47. The molecule has 0 amide bonds. The van der Waals surface area contributed by atoms with Crippen molar-refractivity contribution in [3.05, 3.63) is 0 Å². The predicted molar refractivity (Wildman–Crippen MR) is 54.4 cm³/mol. The van der Waals surface area contributed by atoms with Crippen LogP contribution < -0.4 is 0 Å². The summed E-state index contributed by atoms with van der Waals surface area (Å²) in [4.78, 5) is 0. The third-order valence-electron chi connectivity index (χ3n) is 5.91. The van der Waals surface area contributed by atoms with Crippen molar-refractivity contribution in [2.45, 2.75) is 53.1 Å². The molecule has 0 aromatic rings. The molecule has 0 spiro atoms. The zero-order chi connectivity index (χ0) is 10.1. The summed E-state index contributed by atoms with van der Waals surface area (Å²) in [5.41, 5.74) is -0.0145. The lowest BCUT2D eigenvalue weighted by atomic mass is 9.64. The third-order valence-corrected chi connectivity index (χ3v) is 5.91. The van der Waals surface area contributed by atoms with Crippen LogP contribution in [0.2, 0.25) is 0 Å². The fraction of sp³-hybridized carbons (Fsp3) is 1.00. The molecule has 0 radical (unpaired) electrons. The molecule has 2 fully saturated rings. The van der Waals surface area contributed by atoms with Crippen molar-refractivity contribution in [1.82, 2.24) is 0 Å². The Hall–Kier alpha value is -0.0400. The molecule has 1 N–H and O–H groups in total. The Kier molecular flexibility index (Phi) is 1.56. The second kappa shape index (κ2) is 2.13. The largest absolute Gasteiger partial charge is 0.389 e. The number of hydrogen-bond donors (Lipinski definition) is 1. The highest BCUT2D eigenvalue weighted by Crippen LogP contribution is 2.71. The van der Waals surface area contributed by atoms with Crippen LogP contribution in [0.15, 0.2) is 0 Å². The molecule has 2 rings (SSSR count). The summed E-state index contributed by atoms with van der Waals surface area (Å²) in [5, 5.41) is 10.5. The van der Waals surface area contributed by atoms with E-state index in [0.717, 1.165) is 0 Å². The van der Waals surface area contributed by atoms with Gasteiger partial charge in [0.1, 0.15) is 0 Å². The summed E-state index contributed by atoms with van der Waals surface area (Å²) in [6.45, 7) is 11.2. The molecule has 0 aromatic carbocycles. The Morgan fingerprint density at radius 2 is 1.69 bits per heavy atom. The van der Waals surface area contributed by atoms with Crippen LogP contribution in [0.1, 0.15) is 47.5 Å². The highest BCUT2D eigenvalue weighted by Gasteiger charge is 2.69. The minimum absolute atomic E-state index is 0.129. The zero-order valence-electron chi connectivity index (χ0n) is 9.52. The molecular weight excluding hydrogens is 160 g/mol. The molecule has 0 aromatic heterocycles. The molecule has 1 nitrogen and oxygen atoms in total. The van der Waals surface area contributed by atoms with Gasteiger partial charge >= 0.3 is 0 Å². The second-order valence-electron chi connectivity index (χ2n) is 6.14. The Morgan fingerprint density at radius 1 is 1.15 bits per heavy atom. The maximum absolute atomic E-state index is 10.5. The van der Waals surface area contributed by atoms with E-state index in [1.807, 2.05) is 6.92 Å². The Labute approximate surface area is 81.5 Å². The van der Waals surface area contributed by atoms with Crippen molar-refractivity contribution in [1.29, 1.82) is 0 Å². The third kappa shape index (κ3) is 0.743. The van der Waals surface area contributed by atoms with Crippen molar-refractivity contribution in [3.63, 3.8) is 0 Å². The fourth-order valence-electron chi connectivity index (χ4n) is 4.21. The molecule has 4 unspecified atom stereocenters. The van der Waals surface area contributed by atoms with Gasteiger partial charge < -0.3 is 5.11 Å². The topological polar surface area (TPSA) is 20.2 Å². The van der Waals surface area contributed by atoms with Crippen LogP contribution in [0.4, 0.5) is 0 Å². The molecule has 2 bridgehead atoms. The zero-order valence-corrected chi connectivity index (χ0v) is 9.52. The van der Waals surface area contributed by atoms with Crippen LogP contribution >= 0.6 is 0 Å². The van der Waals surface area contributed by atoms with Gasteiger partial charge in [-0.05, 0) is 37.0 Å². The quantitative estimate of drug-likeness (QED) is 0.611. The van der Waals surface area contributed by atoms with E-state index in [1.54, 1.807) is 0 Å². The lowest BCUT2D eigenvalue weighted by molar-refractivity contribution is -0.0987. The predicted octanol–water partition coefficient (Wildman–Crippen LogP) is 2.83. The van der Waals surface area contributed by atoms with Gasteiger partial charge in [-0.2, -0.15) is 0 Å². The molecule has 13 heavy (non-hydrogen) atoms. The van der Waals surface area contributed by atoms with E-state index in [4.69, 9.17) is 0 Å². The summed E-state index contributed by atoms with van der Waals surface area (Å²) < 4.78 is 0. The molecule has 0 aliphatic heterocycles. The van der Waals surface area contributed by atoms with Gasteiger partial charge in [0.25, 0.3) is 0 Å². The number of hydrogen-bond acceptors (Lipinski definition) is 1. The van der Waals surface area contributed by atoms with Crippen LogP contribution in [0, 0.1) is 22.7 Å². The first-order valence-corrected chi connectivity index (χ1v) is 5.47. The van der Waals surface area contributed by atoms with Gasteiger partial charge in [0, 0.05) is 5.41 Å². The monoisotopic (exact) mass is 182 g/mol. The van der Waals surface area contributed by atoms with Crippen molar-refractivity contribution in [2.75, 3.05) is 0 Å². The van der Waals surface area contributed by atoms with E-state index < -0.39 is 5.60 Å². The maximum atomic E-state index is 10.5. The lowest BCUT2D eigenvalue weighted by Gasteiger charge is -2.44. The first kappa shape index (κ1) is 9.51. The molecule has 0 saturated heterocycles. The van der Waals surface area contributed by atoms with E-state index in [-0.39, 0.29) is 5.41 Å². The van der Waals surface area contributed by atoms with Crippen LogP contribution in [0.3, 0.4) is 0 Å². The SMILES string of the molecule is CC1C2CCC(C)(C2(C)C)C1(C)O. The van der Waals surface area contributed by atoms with E-state index in [1.165, 1.54) is 12.8 Å². The number of fused-ring (bicyclic) bond motifs is 2. The molecule has 4 atom stereocenters. The van der Waals surface area contributed by atoms with Gasteiger partial charge in [-0.1, -0.05) is 27.7 Å². The molecule has 0 heterocycles. The fourth-order valence-corrected chi connectivity index (χ4v) is 4.21. The number of aliphatic hydroxyl groups is 1. The molecule has 76 valence electrons. The molecule has 2 aliphatic rings. The van der Waals surface area contributed by atoms with E-state index >= 15 is 0 Å². The highest BCUT2D eigenvalue weighted by atomic mass is 16.3. The molecule has 2 aliphatic carbocycles. The van der Waals surface area contributed by atoms with Gasteiger partial charge in [0.05, 0.1) is 5.60 Å². The number of rotatable bonds is 0. The Balaban J connectivity index is 2.53. The summed E-state index contributed by atoms with van der Waals surface area (Å²) in [5.74, 6) is 1.17. The Morgan fingerprint density at radius 3 is 1.92 bits per heavy atom. The van der Waals surface area contributed by atoms with Crippen LogP contribution in [0.5, 0.6) is 0 Å². The summed E-state index contributed by atoms with van der Waals surface area (Å²) in [6, 6.07) is 0. The van der Waals surface area contributed by atoms with Crippen molar-refractivity contribution in [3.8, 4) is 0 Å². The molecule has 1 heteroatoms. The van der Waals surface area contributed by atoms with Gasteiger partial charge in [-0.15, -0.1) is 0 Å². The van der Waals surface area contributed by atoms with Gasteiger partial charge in [0.15, 0.2) is 0 Å². The highest BCUT2D eigenvalue weighted by molar-refractivity contribution is 5.18. The summed E-state index contributed by atoms with van der Waals surface area (Å²) >= 11 is 0. The van der Waals surface area contributed by atoms with E-state index in [9.17, 15) is 5.11 Å². The first-order chi connectivity index (χ1) is 5.75. The van der Waals surface area contributed by atoms with E-state index in [0.29, 0.717) is 17.3 Å². The van der Waals surface area contributed by atoms with Gasteiger partial charge in [-0.3, -0.25) is 0 Å². The normalized spacial score (nSPS) is 58.6. The van der Waals surface area contributed by atoms with Crippen molar-refractivity contribution >= 4 is 0 Å². The average molecular weight is 182 g/mol. The average Bonchev–Trinajstić information content (AvgIpc) is 2.26. The lowest BCUT2D eigenvalue weighted by Crippen LogP contribution is -2.47. The molecule has 2 saturated carbocycles. The van der Waals surface area contributed by atoms with Gasteiger partial charge in [0.2, 0.25) is 0 Å². The van der Waals surface area contributed by atoms with Crippen LogP contribution in [-0.4, -0.2) is 10.7 Å². The molecular formula is C12H22O. The van der Waals surface area contributed by atoms with E-state index in [2.05, 4.69) is 27.7 Å². The van der Waals surface area contributed by atoms with Crippen LogP contribution in [-0.2, 0) is 0 Å². The maximum Gasteiger partial charge on any atom is 0.0706 e. The van der Waals surface area contributed by atoms with Crippen molar-refractivity contribution < 1.29 is 5.11 Å². The summed E-state index contributed by atoms with van der Waals surface area (Å²) in [6.07, 6.45) is 2.50. The summed E-state index contributed by atoms with van der Waals surface area (Å²) in [7, 11) is 0. The minimum atomic E-state index is -0.459. The minimum Gasteiger partial charge on any atom is -0.389 e. The standard InChI is InChI=1S/C12H22O/c1-8-9-6-7-11(4,10(9,2)3)12(8,5)13/h8-9,13H,6-7H2,1-5H3. The van der Waals surface area contributed by atoms with Gasteiger partial charge in [-0.25, -0.2) is 0 Å². The smallest absolute Gasteiger partial charge is 0.0706 e. The van der Waals surface area contributed by atoms with Crippen molar-refractivity contribution in [2.24, 2.45) is 22.7 Å².